The summed E-state index contributed by atoms with van der Waals surface area (Å²) < 4.78 is 7.53. The highest BCUT2D eigenvalue weighted by Crippen LogP contribution is 2.43. The lowest BCUT2D eigenvalue weighted by Gasteiger charge is -2.29. The highest BCUT2D eigenvalue weighted by atomic mass is 32.2. The number of pyridine rings is 1. The average Bonchev–Trinajstić information content (AvgIpc) is 3.63. The number of ether oxygens (including phenoxy) is 1. The van der Waals surface area contributed by atoms with Crippen LogP contribution < -0.4 is 15.0 Å². The Hall–Kier alpha value is -4.67. The normalized spacial score (nSPS) is 16.4. The summed E-state index contributed by atoms with van der Waals surface area (Å²) in [7, 11) is 1.66. The van der Waals surface area contributed by atoms with Gasteiger partial charge in [0, 0.05) is 51.4 Å². The van der Waals surface area contributed by atoms with Gasteiger partial charge in [-0.05, 0) is 97.1 Å². The molecule has 8 nitrogen and oxygen atoms in total. The maximum atomic E-state index is 11.0. The minimum Gasteiger partial charge on any atom is -0.497 e. The molecule has 5 aromatic rings. The largest absolute Gasteiger partial charge is 0.497 e. The van der Waals surface area contributed by atoms with E-state index in [4.69, 9.17) is 17.0 Å². The molecule has 41 heavy (non-hydrogen) atoms. The molecule has 1 aliphatic rings. The van der Waals surface area contributed by atoms with E-state index in [-0.39, 0.29) is 17.8 Å². The fourth-order valence-corrected chi connectivity index (χ4v) is 6.16. The minimum absolute atomic E-state index is 0.0765. The van der Waals surface area contributed by atoms with E-state index in [0.717, 1.165) is 38.3 Å². The second kappa shape index (κ2) is 11.4. The van der Waals surface area contributed by atoms with E-state index in [0.29, 0.717) is 5.11 Å². The topological polar surface area (TPSA) is 85.5 Å². The molecular weight excluding hydrogens is 555 g/mol. The maximum absolute atomic E-state index is 11.0. The summed E-state index contributed by atoms with van der Waals surface area (Å²) in [4.78, 5) is 19.3. The van der Waals surface area contributed by atoms with Crippen molar-refractivity contribution in [2.24, 2.45) is 0 Å². The smallest absolute Gasteiger partial charge is 0.269 e. The van der Waals surface area contributed by atoms with Gasteiger partial charge in [0.25, 0.3) is 5.69 Å². The van der Waals surface area contributed by atoms with E-state index >= 15 is 0 Å². The summed E-state index contributed by atoms with van der Waals surface area (Å²) >= 11 is 7.46. The van der Waals surface area contributed by atoms with Crippen LogP contribution in [0.2, 0.25) is 0 Å². The molecule has 10 heteroatoms. The van der Waals surface area contributed by atoms with Crippen LogP contribution in [-0.2, 0) is 0 Å². The van der Waals surface area contributed by atoms with Crippen LogP contribution in [0.3, 0.4) is 0 Å². The Morgan fingerprint density at radius 2 is 1.59 bits per heavy atom. The Morgan fingerprint density at radius 3 is 2.22 bits per heavy atom. The van der Waals surface area contributed by atoms with Gasteiger partial charge in [-0.25, -0.2) is 0 Å². The van der Waals surface area contributed by atoms with Crippen LogP contribution in [0.25, 0.3) is 5.69 Å². The molecule has 1 aliphatic heterocycles. The summed E-state index contributed by atoms with van der Waals surface area (Å²) in [6.07, 6.45) is 3.85. The van der Waals surface area contributed by atoms with Gasteiger partial charge < -0.3 is 19.5 Å². The average molecular weight is 580 g/mol. The van der Waals surface area contributed by atoms with Gasteiger partial charge in [0.15, 0.2) is 5.11 Å². The third-order valence-corrected chi connectivity index (χ3v) is 8.26. The third kappa shape index (κ3) is 5.39. The van der Waals surface area contributed by atoms with Crippen LogP contribution >= 0.6 is 24.0 Å². The van der Waals surface area contributed by atoms with Gasteiger partial charge in [0.05, 0.1) is 23.8 Å². The Balaban J connectivity index is 1.35. The van der Waals surface area contributed by atoms with Crippen molar-refractivity contribution >= 4 is 40.5 Å². The number of nitrogens with zero attached hydrogens (tertiary/aromatic N) is 4. The van der Waals surface area contributed by atoms with Gasteiger partial charge in [0.1, 0.15) is 11.8 Å². The maximum Gasteiger partial charge on any atom is 0.269 e. The molecule has 1 fully saturated rings. The fraction of sp³-hybridized carbons (Fsp3) is 0.0968. The third-order valence-electron chi connectivity index (χ3n) is 6.93. The number of nitrogens with one attached hydrogen (secondary N) is 1. The summed E-state index contributed by atoms with van der Waals surface area (Å²) in [6, 6.07) is 32.4. The lowest BCUT2D eigenvalue weighted by Crippen LogP contribution is -2.30. The molecule has 2 atom stereocenters. The molecule has 0 amide bonds. The number of nitro benzene ring substituents is 1. The van der Waals surface area contributed by atoms with Crippen LogP contribution in [0.15, 0.2) is 125 Å². The molecule has 0 radical (unpaired) electrons. The quantitative estimate of drug-likeness (QED) is 0.118. The van der Waals surface area contributed by atoms with E-state index in [9.17, 15) is 10.1 Å². The molecule has 1 saturated heterocycles. The Morgan fingerprint density at radius 1 is 0.902 bits per heavy atom. The lowest BCUT2D eigenvalue weighted by molar-refractivity contribution is -0.384. The standard InChI is InChI=1S/C31H25N5O3S2/c1-39-24-13-7-21(8-14-24)34-20-4-6-28(34)30-29(27-5-2-3-19-32-27)33-31(40)35(30)22-9-15-25(16-10-22)41-26-17-11-23(12-18-26)36(37)38/h2-20,29-30H,1H3,(H,33,40)/t29-,30-/m0/s1. The van der Waals surface area contributed by atoms with E-state index in [1.807, 2.05) is 60.7 Å². The predicted octanol–water partition coefficient (Wildman–Crippen LogP) is 7.12. The number of aromatic nitrogens is 2. The van der Waals surface area contributed by atoms with Gasteiger partial charge in [-0.15, -0.1) is 0 Å². The predicted molar refractivity (Wildman–Crippen MR) is 164 cm³/mol. The SMILES string of the molecule is COc1ccc(-n2cccc2[C@H]2[C@H](c3ccccn3)NC(=S)N2c2ccc(Sc3ccc([N+](=O)[O-])cc3)cc2)cc1. The molecule has 0 unspecified atom stereocenters. The zero-order valence-electron chi connectivity index (χ0n) is 22.0. The first-order chi connectivity index (χ1) is 20.0. The molecule has 2 aromatic heterocycles. The second-order valence-corrected chi connectivity index (χ2v) is 10.9. The molecule has 1 N–H and O–H groups in total. The monoisotopic (exact) mass is 579 g/mol. The number of methoxy groups -OCH3 is 1. The van der Waals surface area contributed by atoms with Gasteiger partial charge in [-0.3, -0.25) is 15.1 Å². The van der Waals surface area contributed by atoms with Crippen LogP contribution in [0.5, 0.6) is 5.75 Å². The van der Waals surface area contributed by atoms with Crippen LogP contribution in [0, 0.1) is 10.1 Å². The lowest BCUT2D eigenvalue weighted by atomic mass is 10.0. The number of rotatable bonds is 8. The first-order valence-electron chi connectivity index (χ1n) is 12.9. The van der Waals surface area contributed by atoms with E-state index in [2.05, 4.69) is 44.2 Å². The van der Waals surface area contributed by atoms with Crippen molar-refractivity contribution in [2.75, 3.05) is 12.0 Å². The second-order valence-electron chi connectivity index (χ2n) is 9.34. The fourth-order valence-electron chi connectivity index (χ4n) is 4.99. The summed E-state index contributed by atoms with van der Waals surface area (Å²) in [5.74, 6) is 0.797. The van der Waals surface area contributed by atoms with Crippen LogP contribution in [0.1, 0.15) is 23.5 Å². The molecule has 0 aliphatic carbocycles. The Bertz CT molecular complexity index is 1670. The molecular formula is C31H25N5O3S2. The summed E-state index contributed by atoms with van der Waals surface area (Å²) in [6.45, 7) is 0. The Labute approximate surface area is 246 Å². The van der Waals surface area contributed by atoms with Gasteiger partial charge in [-0.1, -0.05) is 17.8 Å². The highest BCUT2D eigenvalue weighted by molar-refractivity contribution is 7.99. The number of benzene rings is 3. The van der Waals surface area contributed by atoms with Gasteiger partial charge in [0.2, 0.25) is 0 Å². The van der Waals surface area contributed by atoms with Crippen molar-refractivity contribution in [1.82, 2.24) is 14.9 Å². The zero-order valence-corrected chi connectivity index (χ0v) is 23.6. The van der Waals surface area contributed by atoms with Crippen molar-refractivity contribution in [3.63, 3.8) is 0 Å². The Kier molecular flexibility index (Phi) is 7.41. The van der Waals surface area contributed by atoms with Crippen molar-refractivity contribution < 1.29 is 9.66 Å². The number of hydrogen-bond acceptors (Lipinski definition) is 6. The molecule has 3 aromatic carbocycles. The van der Waals surface area contributed by atoms with Crippen molar-refractivity contribution in [3.8, 4) is 11.4 Å². The zero-order chi connectivity index (χ0) is 28.3. The first kappa shape index (κ1) is 26.5. The van der Waals surface area contributed by atoms with Crippen molar-refractivity contribution in [1.29, 1.82) is 0 Å². The van der Waals surface area contributed by atoms with Crippen LogP contribution in [-0.4, -0.2) is 26.7 Å². The molecule has 0 saturated carbocycles. The van der Waals surface area contributed by atoms with Gasteiger partial charge >= 0.3 is 0 Å². The first-order valence-corrected chi connectivity index (χ1v) is 14.1. The van der Waals surface area contributed by atoms with Crippen LogP contribution in [0.4, 0.5) is 11.4 Å². The minimum atomic E-state index is -0.393. The van der Waals surface area contributed by atoms with Gasteiger partial charge in [-0.2, -0.15) is 0 Å². The molecule has 3 heterocycles. The molecule has 204 valence electrons. The number of thiocarbonyl (C=S) groups is 1. The molecule has 6 rings (SSSR count). The number of nitro groups is 1. The summed E-state index contributed by atoms with van der Waals surface area (Å²) in [5.41, 5.74) is 3.99. The highest BCUT2D eigenvalue weighted by Gasteiger charge is 2.42. The van der Waals surface area contributed by atoms with E-state index in [1.165, 1.54) is 12.1 Å². The number of hydrogen-bond donors (Lipinski definition) is 1. The van der Waals surface area contributed by atoms with E-state index in [1.54, 1.807) is 37.2 Å². The molecule has 0 spiro atoms. The number of anilines is 1. The van der Waals surface area contributed by atoms with Crippen molar-refractivity contribution in [2.45, 2.75) is 21.9 Å². The van der Waals surface area contributed by atoms with Crippen molar-refractivity contribution in [3.05, 3.63) is 137 Å². The molecule has 0 bridgehead atoms. The summed E-state index contributed by atoms with van der Waals surface area (Å²) in [5, 5.41) is 15.1. The van der Waals surface area contributed by atoms with E-state index < -0.39 is 4.92 Å². The number of non-ortho nitro benzene ring substituents is 1.